The van der Waals surface area contributed by atoms with Crippen LogP contribution >= 0.6 is 0 Å². The first-order chi connectivity index (χ1) is 28.7. The van der Waals surface area contributed by atoms with Crippen molar-refractivity contribution in [1.29, 1.82) is 0 Å². The summed E-state index contributed by atoms with van der Waals surface area (Å²) in [6, 6.07) is 75.7. The van der Waals surface area contributed by atoms with Crippen LogP contribution in [0.25, 0.3) is 67.0 Å². The molecule has 0 spiro atoms. The molecule has 0 saturated heterocycles. The summed E-state index contributed by atoms with van der Waals surface area (Å²) in [6.07, 6.45) is 0. The number of para-hydroxylation sites is 1. The Balaban J connectivity index is 0.000000153. The van der Waals surface area contributed by atoms with Crippen molar-refractivity contribution in [3.8, 4) is 33.9 Å². The van der Waals surface area contributed by atoms with Gasteiger partial charge >= 0.3 is 0 Å². The second-order valence-corrected chi connectivity index (χ2v) is 14.0. The van der Waals surface area contributed by atoms with Gasteiger partial charge < -0.3 is 4.42 Å². The summed E-state index contributed by atoms with van der Waals surface area (Å²) in [4.78, 5) is 13.7. The van der Waals surface area contributed by atoms with Crippen molar-refractivity contribution < 1.29 is 4.42 Å². The van der Waals surface area contributed by atoms with Gasteiger partial charge in [0.2, 0.25) is 0 Å². The van der Waals surface area contributed by atoms with Gasteiger partial charge in [0.1, 0.15) is 17.0 Å². The average Bonchev–Trinajstić information content (AvgIpc) is 3.68. The first-order valence-electron chi connectivity index (χ1n) is 19.4. The lowest BCUT2D eigenvalue weighted by Gasteiger charge is -2.18. The van der Waals surface area contributed by atoms with Crippen LogP contribution in [0.1, 0.15) is 28.1 Å². The number of hydrogen-bond acceptors (Lipinski definition) is 4. The summed E-state index contributed by atoms with van der Waals surface area (Å²) < 4.78 is 5.99. The minimum Gasteiger partial charge on any atom is -0.456 e. The molecule has 0 aliphatic heterocycles. The summed E-state index contributed by atoms with van der Waals surface area (Å²) in [5.41, 5.74) is 13.4. The van der Waals surface area contributed by atoms with Crippen molar-refractivity contribution in [2.45, 2.75) is 6.92 Å². The zero-order valence-corrected chi connectivity index (χ0v) is 32.0. The molecule has 0 aliphatic carbocycles. The van der Waals surface area contributed by atoms with Crippen LogP contribution in [0.3, 0.4) is 0 Å². The van der Waals surface area contributed by atoms with E-state index in [0.29, 0.717) is 17.5 Å². The molecule has 2 aromatic heterocycles. The maximum atomic E-state index is 5.99. The molecular formula is C54H39N3O. The minimum atomic E-state index is 0.652. The maximum Gasteiger partial charge on any atom is 0.163 e. The van der Waals surface area contributed by atoms with Crippen LogP contribution in [0.15, 0.2) is 223 Å². The predicted molar refractivity (Wildman–Crippen MR) is 239 cm³/mol. The molecule has 10 rings (SSSR count). The molecule has 8 aromatic carbocycles. The fourth-order valence-electron chi connectivity index (χ4n) is 7.40. The van der Waals surface area contributed by atoms with Crippen molar-refractivity contribution in [2.24, 2.45) is 0 Å². The Morgan fingerprint density at radius 3 is 1.38 bits per heavy atom. The Morgan fingerprint density at radius 2 is 0.776 bits per heavy atom. The largest absolute Gasteiger partial charge is 0.456 e. The molecule has 0 unspecified atom stereocenters. The summed E-state index contributed by atoms with van der Waals surface area (Å²) in [5.74, 6) is 2.02. The van der Waals surface area contributed by atoms with E-state index in [1.165, 1.54) is 44.5 Å². The molecule has 0 fully saturated rings. The fourth-order valence-corrected chi connectivity index (χ4v) is 7.40. The van der Waals surface area contributed by atoms with E-state index in [1.54, 1.807) is 0 Å². The summed E-state index contributed by atoms with van der Waals surface area (Å²) >= 11 is 0. The third kappa shape index (κ3) is 7.73. The SMILES string of the molecule is Cc1nc(-c2ccccc2)nc(-c2ccc3c(c2)oc2ccccc23)n1.c1ccc(C(=C(c2ccccc2)c2cccc(-c3ccccc3)c2)c2ccccc2)cc1. The number of aromatic nitrogens is 3. The molecule has 10 aromatic rings. The van der Waals surface area contributed by atoms with Crippen molar-refractivity contribution in [2.75, 3.05) is 0 Å². The molecule has 0 atom stereocenters. The minimum absolute atomic E-state index is 0.652. The smallest absolute Gasteiger partial charge is 0.163 e. The summed E-state index contributed by atoms with van der Waals surface area (Å²) in [6.45, 7) is 1.89. The van der Waals surface area contributed by atoms with Crippen LogP contribution in [0.4, 0.5) is 0 Å². The van der Waals surface area contributed by atoms with E-state index in [1.807, 2.05) is 67.6 Å². The Hall–Kier alpha value is -7.69. The first-order valence-corrected chi connectivity index (χ1v) is 19.4. The van der Waals surface area contributed by atoms with Gasteiger partial charge in [-0.1, -0.05) is 194 Å². The van der Waals surface area contributed by atoms with E-state index in [0.717, 1.165) is 33.1 Å². The molecule has 2 heterocycles. The monoisotopic (exact) mass is 745 g/mol. The standard InChI is InChI=1S/C32H24.C22H15N3O/c1-5-14-25(15-6-1)29-22-13-23-30(24-29)32(28-20-11-4-12-21-28)31(26-16-7-2-8-17-26)27-18-9-3-10-19-27;1-14-23-21(15-7-3-2-4-8-15)25-22(24-14)16-11-12-18-17-9-5-6-10-19(17)26-20(18)13-16/h1-24H;2-13H,1H3. The molecule has 58 heavy (non-hydrogen) atoms. The highest BCUT2D eigenvalue weighted by molar-refractivity contribution is 6.06. The molecule has 0 radical (unpaired) electrons. The lowest BCUT2D eigenvalue weighted by Crippen LogP contribution is -1.99. The summed E-state index contributed by atoms with van der Waals surface area (Å²) in [7, 11) is 0. The van der Waals surface area contributed by atoms with Crippen LogP contribution in [0.5, 0.6) is 0 Å². The Bertz CT molecular complexity index is 2940. The van der Waals surface area contributed by atoms with E-state index in [-0.39, 0.29) is 0 Å². The molecule has 4 heteroatoms. The number of furan rings is 1. The Labute approximate surface area is 338 Å². The van der Waals surface area contributed by atoms with E-state index in [9.17, 15) is 0 Å². The Morgan fingerprint density at radius 1 is 0.328 bits per heavy atom. The Kier molecular flexibility index (Phi) is 10.3. The third-order valence-electron chi connectivity index (χ3n) is 10.1. The van der Waals surface area contributed by atoms with Crippen LogP contribution in [-0.2, 0) is 0 Å². The van der Waals surface area contributed by atoms with Gasteiger partial charge in [-0.25, -0.2) is 15.0 Å². The normalized spacial score (nSPS) is 10.8. The van der Waals surface area contributed by atoms with Gasteiger partial charge in [-0.3, -0.25) is 0 Å². The van der Waals surface area contributed by atoms with E-state index < -0.39 is 0 Å². The van der Waals surface area contributed by atoms with Crippen molar-refractivity contribution in [3.05, 3.63) is 246 Å². The van der Waals surface area contributed by atoms with Crippen LogP contribution in [0.2, 0.25) is 0 Å². The number of rotatable bonds is 7. The number of hydrogen-bond donors (Lipinski definition) is 0. The number of nitrogens with zero attached hydrogens (tertiary/aromatic N) is 3. The van der Waals surface area contributed by atoms with Gasteiger partial charge in [-0.05, 0) is 75.7 Å². The van der Waals surface area contributed by atoms with Crippen LogP contribution in [-0.4, -0.2) is 15.0 Å². The van der Waals surface area contributed by atoms with E-state index in [4.69, 9.17) is 4.42 Å². The highest BCUT2D eigenvalue weighted by atomic mass is 16.3. The molecule has 0 N–H and O–H groups in total. The summed E-state index contributed by atoms with van der Waals surface area (Å²) in [5, 5.41) is 2.21. The molecule has 0 aliphatic rings. The lowest BCUT2D eigenvalue weighted by atomic mass is 9.85. The lowest BCUT2D eigenvalue weighted by molar-refractivity contribution is 0.669. The number of fused-ring (bicyclic) bond motifs is 3. The second-order valence-electron chi connectivity index (χ2n) is 14.0. The molecule has 4 nitrogen and oxygen atoms in total. The van der Waals surface area contributed by atoms with Crippen molar-refractivity contribution in [3.63, 3.8) is 0 Å². The van der Waals surface area contributed by atoms with Gasteiger partial charge in [-0.2, -0.15) is 0 Å². The third-order valence-corrected chi connectivity index (χ3v) is 10.1. The van der Waals surface area contributed by atoms with Gasteiger partial charge in [-0.15, -0.1) is 0 Å². The van der Waals surface area contributed by atoms with Gasteiger partial charge in [0.05, 0.1) is 0 Å². The van der Waals surface area contributed by atoms with E-state index >= 15 is 0 Å². The molecular weight excluding hydrogens is 707 g/mol. The number of benzene rings is 8. The van der Waals surface area contributed by atoms with Gasteiger partial charge in [0.25, 0.3) is 0 Å². The highest BCUT2D eigenvalue weighted by Gasteiger charge is 2.17. The second kappa shape index (κ2) is 16.6. The van der Waals surface area contributed by atoms with Gasteiger partial charge in [0, 0.05) is 21.9 Å². The zero-order chi connectivity index (χ0) is 39.1. The molecule has 0 bridgehead atoms. The van der Waals surface area contributed by atoms with Crippen molar-refractivity contribution >= 4 is 33.1 Å². The average molecular weight is 746 g/mol. The molecule has 276 valence electrons. The van der Waals surface area contributed by atoms with Crippen LogP contribution < -0.4 is 0 Å². The topological polar surface area (TPSA) is 51.8 Å². The fraction of sp³-hybridized carbons (Fsp3) is 0.0185. The number of aryl methyl sites for hydroxylation is 1. The quantitative estimate of drug-likeness (QED) is 0.152. The van der Waals surface area contributed by atoms with Crippen LogP contribution in [0, 0.1) is 6.92 Å². The maximum absolute atomic E-state index is 5.99. The molecule has 0 amide bonds. The predicted octanol–water partition coefficient (Wildman–Crippen LogP) is 13.8. The van der Waals surface area contributed by atoms with Gasteiger partial charge in [0.15, 0.2) is 11.6 Å². The first kappa shape index (κ1) is 36.0. The molecule has 0 saturated carbocycles. The van der Waals surface area contributed by atoms with E-state index in [2.05, 4.69) is 173 Å². The zero-order valence-electron chi connectivity index (χ0n) is 32.0. The highest BCUT2D eigenvalue weighted by Crippen LogP contribution is 2.38. The van der Waals surface area contributed by atoms with Crippen molar-refractivity contribution in [1.82, 2.24) is 15.0 Å².